The maximum absolute atomic E-state index is 13.4. The fourth-order valence-electron chi connectivity index (χ4n) is 1.48. The molecule has 0 aliphatic carbocycles. The molecule has 0 saturated heterocycles. The Balaban J connectivity index is 2.59. The van der Waals surface area contributed by atoms with Gasteiger partial charge in [-0.25, -0.2) is 4.39 Å². The minimum absolute atomic E-state index is 0.288. The van der Waals surface area contributed by atoms with Crippen molar-refractivity contribution in [1.29, 1.82) is 0 Å². The van der Waals surface area contributed by atoms with E-state index in [1.54, 1.807) is 26.0 Å². The number of hydrogen-bond acceptors (Lipinski definition) is 4. The van der Waals surface area contributed by atoms with Crippen LogP contribution in [0, 0.1) is 12.7 Å². The standard InChI is InChI=1S/C10H12FN5/c1-6-8(11)4-3-5-9(6)16-10(7(2)12)13-14-15-16/h3-5,7H,12H2,1-2H3. The Morgan fingerprint density at radius 1 is 1.44 bits per heavy atom. The quantitative estimate of drug-likeness (QED) is 0.825. The number of benzene rings is 1. The topological polar surface area (TPSA) is 69.6 Å². The van der Waals surface area contributed by atoms with Gasteiger partial charge in [0.05, 0.1) is 11.7 Å². The molecule has 0 amide bonds. The lowest BCUT2D eigenvalue weighted by atomic mass is 10.2. The van der Waals surface area contributed by atoms with Crippen molar-refractivity contribution in [3.05, 3.63) is 35.4 Å². The first kappa shape index (κ1) is 10.7. The summed E-state index contributed by atoms with van der Waals surface area (Å²) in [5.74, 6) is 0.220. The molecular formula is C10H12FN5. The Morgan fingerprint density at radius 3 is 2.88 bits per heavy atom. The van der Waals surface area contributed by atoms with Gasteiger partial charge in [-0.2, -0.15) is 4.68 Å². The fourth-order valence-corrected chi connectivity index (χ4v) is 1.48. The van der Waals surface area contributed by atoms with E-state index in [1.165, 1.54) is 10.7 Å². The van der Waals surface area contributed by atoms with E-state index >= 15 is 0 Å². The zero-order chi connectivity index (χ0) is 11.7. The zero-order valence-electron chi connectivity index (χ0n) is 9.05. The van der Waals surface area contributed by atoms with Crippen molar-refractivity contribution in [3.8, 4) is 5.69 Å². The molecule has 0 saturated carbocycles. The highest BCUT2D eigenvalue weighted by Crippen LogP contribution is 2.18. The first-order chi connectivity index (χ1) is 7.61. The molecule has 0 fully saturated rings. The molecule has 1 heterocycles. The van der Waals surface area contributed by atoms with Crippen LogP contribution in [-0.4, -0.2) is 20.2 Å². The average Bonchev–Trinajstić information content (AvgIpc) is 2.70. The Labute approximate surface area is 92.1 Å². The SMILES string of the molecule is Cc1c(F)cccc1-n1nnnc1C(C)N. The van der Waals surface area contributed by atoms with Gasteiger partial charge in [0.15, 0.2) is 5.82 Å². The number of hydrogen-bond donors (Lipinski definition) is 1. The molecule has 2 aromatic rings. The van der Waals surface area contributed by atoms with Crippen molar-refractivity contribution in [2.75, 3.05) is 0 Å². The van der Waals surface area contributed by atoms with Crippen molar-refractivity contribution in [3.63, 3.8) is 0 Å². The number of aromatic nitrogens is 4. The van der Waals surface area contributed by atoms with E-state index in [1.807, 2.05) is 0 Å². The molecule has 1 atom stereocenters. The Bertz CT molecular complexity index is 506. The van der Waals surface area contributed by atoms with Crippen molar-refractivity contribution in [1.82, 2.24) is 20.2 Å². The molecule has 0 aliphatic heterocycles. The van der Waals surface area contributed by atoms with E-state index in [0.29, 0.717) is 17.1 Å². The maximum Gasteiger partial charge on any atom is 0.173 e. The monoisotopic (exact) mass is 221 g/mol. The summed E-state index contributed by atoms with van der Waals surface area (Å²) in [6.07, 6.45) is 0. The second kappa shape index (κ2) is 3.97. The van der Waals surface area contributed by atoms with E-state index in [-0.39, 0.29) is 11.9 Å². The van der Waals surface area contributed by atoms with E-state index in [4.69, 9.17) is 5.73 Å². The molecule has 0 radical (unpaired) electrons. The van der Waals surface area contributed by atoms with Crippen LogP contribution in [0.4, 0.5) is 4.39 Å². The number of rotatable bonds is 2. The Kier molecular flexibility index (Phi) is 2.66. The van der Waals surface area contributed by atoms with E-state index in [9.17, 15) is 4.39 Å². The summed E-state index contributed by atoms with van der Waals surface area (Å²) in [6.45, 7) is 3.45. The van der Waals surface area contributed by atoms with Crippen molar-refractivity contribution < 1.29 is 4.39 Å². The summed E-state index contributed by atoms with van der Waals surface area (Å²) < 4.78 is 14.9. The molecule has 0 bridgehead atoms. The second-order valence-electron chi connectivity index (χ2n) is 3.62. The zero-order valence-corrected chi connectivity index (χ0v) is 9.05. The highest BCUT2D eigenvalue weighted by molar-refractivity contribution is 5.40. The van der Waals surface area contributed by atoms with Crippen LogP contribution in [-0.2, 0) is 0 Å². The largest absolute Gasteiger partial charge is 0.321 e. The van der Waals surface area contributed by atoms with E-state index < -0.39 is 0 Å². The van der Waals surface area contributed by atoms with Crippen LogP contribution in [0.3, 0.4) is 0 Å². The molecule has 84 valence electrons. The molecule has 16 heavy (non-hydrogen) atoms. The highest BCUT2D eigenvalue weighted by atomic mass is 19.1. The summed E-state index contributed by atoms with van der Waals surface area (Å²) in [5.41, 5.74) is 6.83. The maximum atomic E-state index is 13.4. The Morgan fingerprint density at radius 2 is 2.19 bits per heavy atom. The van der Waals surface area contributed by atoms with Gasteiger partial charge in [0.1, 0.15) is 5.82 Å². The summed E-state index contributed by atoms with van der Waals surface area (Å²) in [7, 11) is 0. The molecule has 0 spiro atoms. The molecule has 6 heteroatoms. The van der Waals surface area contributed by atoms with Crippen LogP contribution < -0.4 is 5.73 Å². The van der Waals surface area contributed by atoms with Crippen LogP contribution in [0.25, 0.3) is 5.69 Å². The first-order valence-electron chi connectivity index (χ1n) is 4.90. The van der Waals surface area contributed by atoms with Crippen molar-refractivity contribution in [2.24, 2.45) is 5.73 Å². The number of nitrogens with two attached hydrogens (primary N) is 1. The third kappa shape index (κ3) is 1.67. The summed E-state index contributed by atoms with van der Waals surface area (Å²) in [5, 5.41) is 11.2. The average molecular weight is 221 g/mol. The highest BCUT2D eigenvalue weighted by Gasteiger charge is 2.14. The summed E-state index contributed by atoms with van der Waals surface area (Å²) in [4.78, 5) is 0. The molecule has 2 N–H and O–H groups in total. The molecule has 0 aliphatic rings. The van der Waals surface area contributed by atoms with Gasteiger partial charge < -0.3 is 5.73 Å². The summed E-state index contributed by atoms with van der Waals surface area (Å²) >= 11 is 0. The van der Waals surface area contributed by atoms with Crippen molar-refractivity contribution >= 4 is 0 Å². The normalized spacial score (nSPS) is 12.8. The van der Waals surface area contributed by atoms with Crippen LogP contribution in [0.2, 0.25) is 0 Å². The van der Waals surface area contributed by atoms with Gasteiger partial charge in [-0.3, -0.25) is 0 Å². The van der Waals surface area contributed by atoms with Gasteiger partial charge in [-0.1, -0.05) is 6.07 Å². The lowest BCUT2D eigenvalue weighted by molar-refractivity contribution is 0.611. The smallest absolute Gasteiger partial charge is 0.173 e. The molecule has 1 aromatic carbocycles. The molecule has 5 nitrogen and oxygen atoms in total. The Hall–Kier alpha value is -1.82. The van der Waals surface area contributed by atoms with E-state index in [0.717, 1.165) is 0 Å². The molecule has 1 unspecified atom stereocenters. The minimum Gasteiger partial charge on any atom is -0.321 e. The van der Waals surface area contributed by atoms with Gasteiger partial charge in [0.2, 0.25) is 0 Å². The lowest BCUT2D eigenvalue weighted by Crippen LogP contribution is -2.14. The van der Waals surface area contributed by atoms with Crippen molar-refractivity contribution in [2.45, 2.75) is 19.9 Å². The third-order valence-corrected chi connectivity index (χ3v) is 2.37. The van der Waals surface area contributed by atoms with Crippen LogP contribution in [0.15, 0.2) is 18.2 Å². The number of tetrazole rings is 1. The van der Waals surface area contributed by atoms with E-state index in [2.05, 4.69) is 15.5 Å². The predicted molar refractivity (Wildman–Crippen MR) is 56.5 cm³/mol. The third-order valence-electron chi connectivity index (χ3n) is 2.37. The van der Waals surface area contributed by atoms with Gasteiger partial charge >= 0.3 is 0 Å². The van der Waals surface area contributed by atoms with Gasteiger partial charge in [-0.15, -0.1) is 5.10 Å². The molecular weight excluding hydrogens is 209 g/mol. The number of nitrogens with zero attached hydrogens (tertiary/aromatic N) is 4. The van der Waals surface area contributed by atoms with Gasteiger partial charge in [-0.05, 0) is 36.4 Å². The predicted octanol–water partition coefficient (Wildman–Crippen LogP) is 1.13. The van der Waals surface area contributed by atoms with Crippen LogP contribution in [0.1, 0.15) is 24.4 Å². The van der Waals surface area contributed by atoms with Gasteiger partial charge in [0, 0.05) is 5.56 Å². The van der Waals surface area contributed by atoms with Crippen LogP contribution >= 0.6 is 0 Å². The second-order valence-corrected chi connectivity index (χ2v) is 3.62. The van der Waals surface area contributed by atoms with Gasteiger partial charge in [0.25, 0.3) is 0 Å². The first-order valence-corrected chi connectivity index (χ1v) is 4.90. The fraction of sp³-hybridized carbons (Fsp3) is 0.300. The molecule has 1 aromatic heterocycles. The van der Waals surface area contributed by atoms with Crippen LogP contribution in [0.5, 0.6) is 0 Å². The molecule has 2 rings (SSSR count). The number of halogens is 1. The lowest BCUT2D eigenvalue weighted by Gasteiger charge is -2.09. The summed E-state index contributed by atoms with van der Waals surface area (Å²) in [6, 6.07) is 4.46. The minimum atomic E-state index is -0.308.